The molecule has 0 radical (unpaired) electrons. The average molecular weight is 485 g/mol. The number of anilines is 1. The molecule has 4 amide bonds. The Morgan fingerprint density at radius 2 is 2.03 bits per heavy atom. The van der Waals surface area contributed by atoms with Gasteiger partial charge in [0.1, 0.15) is 5.69 Å². The Bertz CT molecular complexity index is 1250. The van der Waals surface area contributed by atoms with E-state index in [1.807, 2.05) is 0 Å². The molecule has 34 heavy (non-hydrogen) atoms. The molecule has 2 aromatic rings. The number of aryl methyl sites for hydroxylation is 1. The van der Waals surface area contributed by atoms with E-state index >= 15 is 0 Å². The summed E-state index contributed by atoms with van der Waals surface area (Å²) in [7, 11) is 3.40. The summed E-state index contributed by atoms with van der Waals surface area (Å²) < 4.78 is 0. The normalized spacial score (nSPS) is 18.1. The van der Waals surface area contributed by atoms with Crippen LogP contribution in [0.4, 0.5) is 16.2 Å². The molecule has 0 saturated carbocycles. The number of nitrogens with one attached hydrogen (secondary N) is 3. The molecule has 2 aliphatic heterocycles. The molecule has 10 nitrogen and oxygen atoms in total. The highest BCUT2D eigenvalue weighted by molar-refractivity contribution is 6.38. The van der Waals surface area contributed by atoms with Crippen molar-refractivity contribution in [2.75, 3.05) is 32.5 Å². The molecule has 1 aromatic heterocycles. The standard InChI is InChI=1S/C23H25ClN6O4/c1-11-17(8-15-14-7-19(28-34)16(24)9-18(14)27-21(15)31)25-12(2)20(11)22(32)26-13-5-6-30(10-13)23(33)29(3)4/h7-9,13,25H,5-6,10H2,1-4H3,(H,26,32)(H,27,31)/b15-8-. The van der Waals surface area contributed by atoms with Crippen molar-refractivity contribution in [2.24, 2.45) is 5.18 Å². The van der Waals surface area contributed by atoms with E-state index in [4.69, 9.17) is 11.6 Å². The SMILES string of the molecule is Cc1[nH]c(/C=C2\C(=O)Nc3cc(Cl)c(N=O)cc32)c(C)c1C(=O)NC1CCN(C(=O)N(C)C)C1. The highest BCUT2D eigenvalue weighted by atomic mass is 35.5. The van der Waals surface area contributed by atoms with Gasteiger partial charge in [0, 0.05) is 50.2 Å². The van der Waals surface area contributed by atoms with Crippen molar-refractivity contribution in [2.45, 2.75) is 26.3 Å². The van der Waals surface area contributed by atoms with E-state index in [9.17, 15) is 19.3 Å². The van der Waals surface area contributed by atoms with Crippen molar-refractivity contribution in [1.29, 1.82) is 0 Å². The lowest BCUT2D eigenvalue weighted by Gasteiger charge is -2.21. The zero-order chi connectivity index (χ0) is 24.7. The predicted octanol–water partition coefficient (Wildman–Crippen LogP) is 3.66. The van der Waals surface area contributed by atoms with Crippen LogP contribution in [-0.4, -0.2) is 65.9 Å². The Labute approximate surface area is 201 Å². The van der Waals surface area contributed by atoms with Gasteiger partial charge >= 0.3 is 6.03 Å². The number of aromatic amines is 1. The van der Waals surface area contributed by atoms with E-state index in [1.165, 1.54) is 17.0 Å². The van der Waals surface area contributed by atoms with Crippen molar-refractivity contribution in [3.05, 3.63) is 50.1 Å². The number of nitrogens with zero attached hydrogens (tertiary/aromatic N) is 3. The molecule has 0 aliphatic carbocycles. The van der Waals surface area contributed by atoms with Gasteiger partial charge in [-0.15, -0.1) is 4.91 Å². The van der Waals surface area contributed by atoms with Crippen LogP contribution in [0.2, 0.25) is 5.02 Å². The molecule has 1 fully saturated rings. The van der Waals surface area contributed by atoms with Crippen LogP contribution in [-0.2, 0) is 4.79 Å². The van der Waals surface area contributed by atoms with Crippen molar-refractivity contribution < 1.29 is 14.4 Å². The summed E-state index contributed by atoms with van der Waals surface area (Å²) in [4.78, 5) is 55.3. The summed E-state index contributed by atoms with van der Waals surface area (Å²) in [6.07, 6.45) is 2.33. The number of H-pyrrole nitrogens is 1. The van der Waals surface area contributed by atoms with E-state index in [-0.39, 0.29) is 34.6 Å². The molecule has 3 heterocycles. The summed E-state index contributed by atoms with van der Waals surface area (Å²) in [6.45, 7) is 4.63. The minimum atomic E-state index is -0.344. The lowest BCUT2D eigenvalue weighted by atomic mass is 10.0. The van der Waals surface area contributed by atoms with Crippen LogP contribution in [0.1, 0.15) is 39.3 Å². The number of amides is 4. The van der Waals surface area contributed by atoms with E-state index < -0.39 is 0 Å². The number of rotatable bonds is 4. The van der Waals surface area contributed by atoms with Gasteiger partial charge in [-0.25, -0.2) is 4.79 Å². The lowest BCUT2D eigenvalue weighted by Crippen LogP contribution is -2.41. The third kappa shape index (κ3) is 4.16. The Kier molecular flexibility index (Phi) is 6.18. The molecule has 178 valence electrons. The number of likely N-dealkylation sites (tertiary alicyclic amines) is 1. The minimum Gasteiger partial charge on any atom is -0.358 e. The highest BCUT2D eigenvalue weighted by Gasteiger charge is 2.30. The minimum absolute atomic E-state index is 0.0422. The molecule has 1 aromatic carbocycles. The van der Waals surface area contributed by atoms with Crippen molar-refractivity contribution in [1.82, 2.24) is 20.1 Å². The number of aromatic nitrogens is 1. The maximum atomic E-state index is 13.1. The van der Waals surface area contributed by atoms with Gasteiger partial charge in [-0.05, 0) is 49.2 Å². The number of fused-ring (bicyclic) bond motifs is 1. The van der Waals surface area contributed by atoms with E-state index in [0.29, 0.717) is 58.8 Å². The van der Waals surface area contributed by atoms with Crippen molar-refractivity contribution >= 4 is 52.5 Å². The maximum Gasteiger partial charge on any atom is 0.319 e. The van der Waals surface area contributed by atoms with Crippen LogP contribution in [0.5, 0.6) is 0 Å². The van der Waals surface area contributed by atoms with Gasteiger partial charge in [-0.3, -0.25) is 9.59 Å². The molecular weight excluding hydrogens is 460 g/mol. The fourth-order valence-electron chi connectivity index (χ4n) is 4.41. The summed E-state index contributed by atoms with van der Waals surface area (Å²) in [5.74, 6) is -0.584. The summed E-state index contributed by atoms with van der Waals surface area (Å²) in [5.41, 5.74) is 3.82. The van der Waals surface area contributed by atoms with Gasteiger partial charge in [0.05, 0.1) is 21.8 Å². The maximum absolute atomic E-state index is 13.1. The summed E-state index contributed by atoms with van der Waals surface area (Å²) >= 11 is 6.02. The molecule has 1 unspecified atom stereocenters. The van der Waals surface area contributed by atoms with Gasteiger partial charge in [0.15, 0.2) is 0 Å². The molecule has 1 atom stereocenters. The third-order valence-corrected chi connectivity index (χ3v) is 6.44. The van der Waals surface area contributed by atoms with Gasteiger partial charge in [0.2, 0.25) is 0 Å². The second-order valence-corrected chi connectivity index (χ2v) is 9.11. The van der Waals surface area contributed by atoms with Crippen molar-refractivity contribution in [3.63, 3.8) is 0 Å². The summed E-state index contributed by atoms with van der Waals surface area (Å²) in [5, 5.41) is 8.81. The van der Waals surface area contributed by atoms with Gasteiger partial charge in [-0.2, -0.15) is 0 Å². The second-order valence-electron chi connectivity index (χ2n) is 8.70. The predicted molar refractivity (Wildman–Crippen MR) is 130 cm³/mol. The number of benzene rings is 1. The monoisotopic (exact) mass is 484 g/mol. The first kappa shape index (κ1) is 23.5. The molecule has 0 bridgehead atoms. The van der Waals surface area contributed by atoms with E-state index in [0.717, 1.165) is 0 Å². The van der Waals surface area contributed by atoms with Crippen LogP contribution in [0.15, 0.2) is 17.3 Å². The number of hydrogen-bond donors (Lipinski definition) is 3. The number of halogens is 1. The number of urea groups is 1. The first-order valence-corrected chi connectivity index (χ1v) is 11.1. The Morgan fingerprint density at radius 1 is 1.29 bits per heavy atom. The van der Waals surface area contributed by atoms with Crippen LogP contribution < -0.4 is 10.6 Å². The molecule has 2 aliphatic rings. The van der Waals surface area contributed by atoms with Gasteiger partial charge in [-0.1, -0.05) is 11.6 Å². The van der Waals surface area contributed by atoms with Gasteiger partial charge < -0.3 is 25.4 Å². The number of hydrogen-bond acceptors (Lipinski definition) is 5. The fraction of sp³-hybridized carbons (Fsp3) is 0.348. The first-order valence-electron chi connectivity index (χ1n) is 10.8. The molecule has 0 spiro atoms. The summed E-state index contributed by atoms with van der Waals surface area (Å²) in [6, 6.07) is 2.74. The van der Waals surface area contributed by atoms with Crippen LogP contribution in [0.3, 0.4) is 0 Å². The number of carbonyl (C=O) groups excluding carboxylic acids is 3. The van der Waals surface area contributed by atoms with E-state index in [2.05, 4.69) is 20.8 Å². The first-order chi connectivity index (χ1) is 16.1. The topological polar surface area (TPSA) is 127 Å². The van der Waals surface area contributed by atoms with Crippen molar-refractivity contribution in [3.8, 4) is 0 Å². The van der Waals surface area contributed by atoms with Crippen LogP contribution in [0, 0.1) is 18.8 Å². The molecule has 11 heteroatoms. The Morgan fingerprint density at radius 3 is 2.71 bits per heavy atom. The Balaban J connectivity index is 1.58. The van der Waals surface area contributed by atoms with E-state index in [1.54, 1.807) is 38.9 Å². The zero-order valence-corrected chi connectivity index (χ0v) is 20.0. The molecule has 1 saturated heterocycles. The quantitative estimate of drug-likeness (QED) is 0.452. The van der Waals surface area contributed by atoms with Crippen LogP contribution in [0.25, 0.3) is 11.6 Å². The Hall–Kier alpha value is -3.66. The number of nitroso groups, excluding NO2 is 1. The fourth-order valence-corrected chi connectivity index (χ4v) is 4.61. The molecule has 4 rings (SSSR count). The molecule has 3 N–H and O–H groups in total. The molecular formula is C23H25ClN6O4. The van der Waals surface area contributed by atoms with Crippen LogP contribution >= 0.6 is 11.6 Å². The second kappa shape index (κ2) is 8.94. The number of carbonyl (C=O) groups is 3. The third-order valence-electron chi connectivity index (χ3n) is 6.14. The lowest BCUT2D eigenvalue weighted by molar-refractivity contribution is -0.110. The largest absolute Gasteiger partial charge is 0.358 e. The van der Waals surface area contributed by atoms with Gasteiger partial charge in [0.25, 0.3) is 11.8 Å². The smallest absolute Gasteiger partial charge is 0.319 e. The highest BCUT2D eigenvalue weighted by Crippen LogP contribution is 2.40. The average Bonchev–Trinajstić information content (AvgIpc) is 3.43. The zero-order valence-electron chi connectivity index (χ0n) is 19.3.